The summed E-state index contributed by atoms with van der Waals surface area (Å²) in [6.45, 7) is 8.69. The van der Waals surface area contributed by atoms with Crippen LogP contribution in [0.3, 0.4) is 0 Å². The predicted molar refractivity (Wildman–Crippen MR) is 136 cm³/mol. The maximum absolute atomic E-state index is 15.1. The van der Waals surface area contributed by atoms with Crippen LogP contribution in [0.4, 0.5) is 9.18 Å². The van der Waals surface area contributed by atoms with E-state index in [9.17, 15) is 9.90 Å². The van der Waals surface area contributed by atoms with Crippen molar-refractivity contribution in [3.63, 3.8) is 0 Å². The molecule has 0 aromatic heterocycles. The number of halogens is 2. The van der Waals surface area contributed by atoms with E-state index in [4.69, 9.17) is 16.3 Å². The number of piperidine rings is 1. The van der Waals surface area contributed by atoms with Gasteiger partial charge in [0.15, 0.2) is 0 Å². The SMILES string of the molecule is CNCC(CC(C)(C)C)NC(=O)N1CCCC(C(O)(CCCCOC)c2cccc(Cl)c2F)C1. The van der Waals surface area contributed by atoms with Gasteiger partial charge in [-0.2, -0.15) is 0 Å². The summed E-state index contributed by atoms with van der Waals surface area (Å²) in [6.07, 6.45) is 4.11. The Labute approximate surface area is 209 Å². The van der Waals surface area contributed by atoms with Crippen molar-refractivity contribution in [3.05, 3.63) is 34.6 Å². The number of methoxy groups -OCH3 is 1. The Bertz CT molecular complexity index is 789. The van der Waals surface area contributed by atoms with E-state index < -0.39 is 11.4 Å². The molecule has 34 heavy (non-hydrogen) atoms. The molecule has 1 saturated heterocycles. The van der Waals surface area contributed by atoms with Crippen molar-refractivity contribution in [1.82, 2.24) is 15.5 Å². The van der Waals surface area contributed by atoms with E-state index >= 15 is 4.39 Å². The number of urea groups is 1. The number of likely N-dealkylation sites (N-methyl/N-ethyl adjacent to an activating group) is 1. The van der Waals surface area contributed by atoms with Gasteiger partial charge in [-0.15, -0.1) is 0 Å². The Hall–Kier alpha value is -1.41. The van der Waals surface area contributed by atoms with Crippen molar-refractivity contribution in [3.8, 4) is 0 Å². The van der Waals surface area contributed by atoms with E-state index in [1.807, 2.05) is 7.05 Å². The second-order valence-electron chi connectivity index (χ2n) is 10.7. The Balaban J connectivity index is 2.22. The lowest BCUT2D eigenvalue weighted by atomic mass is 9.74. The average molecular weight is 500 g/mol. The Kier molecular flexibility index (Phi) is 11.1. The monoisotopic (exact) mass is 499 g/mol. The topological polar surface area (TPSA) is 73.8 Å². The van der Waals surface area contributed by atoms with Crippen LogP contribution in [0.2, 0.25) is 5.02 Å². The number of hydrogen-bond acceptors (Lipinski definition) is 4. The lowest BCUT2D eigenvalue weighted by molar-refractivity contribution is -0.0587. The number of rotatable bonds is 11. The number of amides is 2. The van der Waals surface area contributed by atoms with Gasteiger partial charge in [-0.25, -0.2) is 9.18 Å². The minimum atomic E-state index is -1.42. The van der Waals surface area contributed by atoms with Crippen molar-refractivity contribution >= 4 is 17.6 Å². The van der Waals surface area contributed by atoms with Crippen LogP contribution in [-0.2, 0) is 10.3 Å². The molecule has 2 rings (SSSR count). The summed E-state index contributed by atoms with van der Waals surface area (Å²) in [5.74, 6) is -0.882. The van der Waals surface area contributed by atoms with Gasteiger partial charge in [0.2, 0.25) is 0 Å². The quantitative estimate of drug-likeness (QED) is 0.377. The summed E-state index contributed by atoms with van der Waals surface area (Å²) in [4.78, 5) is 15.0. The highest BCUT2D eigenvalue weighted by atomic mass is 35.5. The second-order valence-corrected chi connectivity index (χ2v) is 11.1. The molecule has 1 aromatic rings. The number of ether oxygens (including phenoxy) is 1. The molecule has 2 amide bonds. The predicted octanol–water partition coefficient (Wildman–Crippen LogP) is 4.93. The molecular formula is C26H43ClFN3O3. The third-order valence-corrected chi connectivity index (χ3v) is 6.89. The van der Waals surface area contributed by atoms with E-state index in [1.54, 1.807) is 24.1 Å². The van der Waals surface area contributed by atoms with Gasteiger partial charge in [-0.1, -0.05) is 44.5 Å². The molecule has 3 unspecified atom stereocenters. The van der Waals surface area contributed by atoms with Gasteiger partial charge >= 0.3 is 6.03 Å². The largest absolute Gasteiger partial charge is 0.385 e. The lowest BCUT2D eigenvalue weighted by Crippen LogP contribution is -2.54. The van der Waals surface area contributed by atoms with Crippen molar-refractivity contribution in [2.24, 2.45) is 11.3 Å². The summed E-state index contributed by atoms with van der Waals surface area (Å²) >= 11 is 6.07. The van der Waals surface area contributed by atoms with Crippen molar-refractivity contribution in [1.29, 1.82) is 0 Å². The molecule has 0 spiro atoms. The van der Waals surface area contributed by atoms with Gasteiger partial charge in [0.05, 0.1) is 10.6 Å². The molecule has 0 aliphatic carbocycles. The fraction of sp³-hybridized carbons (Fsp3) is 0.731. The molecule has 1 aromatic carbocycles. The molecular weight excluding hydrogens is 457 g/mol. The number of hydrogen-bond donors (Lipinski definition) is 3. The number of likely N-dealkylation sites (tertiary alicyclic amines) is 1. The summed E-state index contributed by atoms with van der Waals surface area (Å²) in [6, 6.07) is 4.63. The minimum absolute atomic E-state index is 0.00354. The molecule has 3 N–H and O–H groups in total. The molecule has 194 valence electrons. The average Bonchev–Trinajstić information content (AvgIpc) is 2.77. The molecule has 0 bridgehead atoms. The van der Waals surface area contributed by atoms with Crippen LogP contribution in [0, 0.1) is 17.2 Å². The van der Waals surface area contributed by atoms with E-state index in [2.05, 4.69) is 31.4 Å². The Morgan fingerprint density at radius 2 is 2.09 bits per heavy atom. The highest BCUT2D eigenvalue weighted by Gasteiger charge is 2.43. The molecule has 8 heteroatoms. The maximum atomic E-state index is 15.1. The van der Waals surface area contributed by atoms with Crippen LogP contribution in [0.5, 0.6) is 0 Å². The first-order valence-corrected chi connectivity index (χ1v) is 12.8. The van der Waals surface area contributed by atoms with Gasteiger partial charge in [-0.05, 0) is 57.1 Å². The van der Waals surface area contributed by atoms with Crippen molar-refractivity contribution in [2.75, 3.05) is 40.4 Å². The van der Waals surface area contributed by atoms with E-state index in [1.165, 1.54) is 6.07 Å². The standard InChI is InChI=1S/C26H43ClFN3O3/c1-25(2,3)16-20(17-29-4)30-24(32)31-14-9-10-19(18-31)26(33,13-6-7-15-34-5)21-11-8-12-22(27)23(21)28/h8,11-12,19-20,29,33H,6-7,9-10,13-18H2,1-5H3,(H,30,32). The fourth-order valence-electron chi connectivity index (χ4n) is 5.01. The normalized spacial score (nSPS) is 19.5. The molecule has 1 aliphatic heterocycles. The molecule has 1 heterocycles. The first-order valence-electron chi connectivity index (χ1n) is 12.4. The van der Waals surface area contributed by atoms with Gasteiger partial charge in [0, 0.05) is 50.9 Å². The summed E-state index contributed by atoms with van der Waals surface area (Å²) in [7, 11) is 3.52. The zero-order valence-corrected chi connectivity index (χ0v) is 22.2. The van der Waals surface area contributed by atoms with Crippen LogP contribution in [0.25, 0.3) is 0 Å². The molecule has 0 radical (unpaired) electrons. The third-order valence-electron chi connectivity index (χ3n) is 6.60. The van der Waals surface area contributed by atoms with Gasteiger partial charge in [0.25, 0.3) is 0 Å². The van der Waals surface area contributed by atoms with E-state index in [0.29, 0.717) is 45.5 Å². The van der Waals surface area contributed by atoms with Gasteiger partial charge in [-0.3, -0.25) is 0 Å². The van der Waals surface area contributed by atoms with Crippen LogP contribution in [0.1, 0.15) is 64.9 Å². The van der Waals surface area contributed by atoms with Crippen LogP contribution >= 0.6 is 11.6 Å². The first-order chi connectivity index (χ1) is 16.0. The van der Waals surface area contributed by atoms with Crippen molar-refractivity contribution < 1.29 is 19.0 Å². The maximum Gasteiger partial charge on any atom is 0.317 e. The number of carbonyl (C=O) groups excluding carboxylic acids is 1. The van der Waals surface area contributed by atoms with Gasteiger partial charge in [0.1, 0.15) is 5.82 Å². The van der Waals surface area contributed by atoms with Crippen LogP contribution < -0.4 is 10.6 Å². The zero-order chi connectivity index (χ0) is 25.4. The Morgan fingerprint density at radius 1 is 1.35 bits per heavy atom. The molecule has 0 saturated carbocycles. The smallest absolute Gasteiger partial charge is 0.317 e. The molecule has 1 aliphatic rings. The summed E-state index contributed by atoms with van der Waals surface area (Å²) in [5, 5.41) is 18.2. The van der Waals surface area contributed by atoms with Crippen LogP contribution in [0.15, 0.2) is 18.2 Å². The number of nitrogens with one attached hydrogen (secondary N) is 2. The van der Waals surface area contributed by atoms with Crippen LogP contribution in [-0.4, -0.2) is 62.5 Å². The van der Waals surface area contributed by atoms with Crippen molar-refractivity contribution in [2.45, 2.75) is 70.9 Å². The highest BCUT2D eigenvalue weighted by Crippen LogP contribution is 2.42. The molecule has 3 atom stereocenters. The fourth-order valence-corrected chi connectivity index (χ4v) is 5.19. The molecule has 6 nitrogen and oxygen atoms in total. The highest BCUT2D eigenvalue weighted by molar-refractivity contribution is 6.30. The Morgan fingerprint density at radius 3 is 2.74 bits per heavy atom. The lowest BCUT2D eigenvalue weighted by Gasteiger charge is -2.43. The second kappa shape index (κ2) is 13.1. The summed E-state index contributed by atoms with van der Waals surface area (Å²) in [5.41, 5.74) is -1.13. The number of nitrogens with zero attached hydrogens (tertiary/aromatic N) is 1. The number of aliphatic hydroxyl groups is 1. The number of benzene rings is 1. The van der Waals surface area contributed by atoms with E-state index in [-0.39, 0.29) is 34.0 Å². The number of carbonyl (C=O) groups is 1. The number of unbranched alkanes of at least 4 members (excludes halogenated alkanes) is 1. The molecule has 1 fully saturated rings. The third kappa shape index (κ3) is 8.08. The minimum Gasteiger partial charge on any atom is -0.385 e. The van der Waals surface area contributed by atoms with Gasteiger partial charge < -0.3 is 25.4 Å². The first kappa shape index (κ1) is 28.8. The zero-order valence-electron chi connectivity index (χ0n) is 21.4. The van der Waals surface area contributed by atoms with E-state index in [0.717, 1.165) is 19.3 Å². The summed E-state index contributed by atoms with van der Waals surface area (Å²) < 4.78 is 20.2.